The minimum absolute atomic E-state index is 0.185. The normalized spacial score (nSPS) is 13.4. The fourth-order valence-electron chi connectivity index (χ4n) is 2.03. The van der Waals surface area contributed by atoms with Crippen LogP contribution in [0, 0.1) is 0 Å². The third kappa shape index (κ3) is 3.19. The lowest BCUT2D eigenvalue weighted by molar-refractivity contribution is -0.137. The summed E-state index contributed by atoms with van der Waals surface area (Å²) in [7, 11) is 0. The van der Waals surface area contributed by atoms with Crippen molar-refractivity contribution in [1.82, 2.24) is 9.55 Å². The van der Waals surface area contributed by atoms with Crippen LogP contribution in [0.25, 0.3) is 0 Å². The Hall–Kier alpha value is -1.82. The third-order valence-electron chi connectivity index (χ3n) is 3.09. The van der Waals surface area contributed by atoms with E-state index in [0.29, 0.717) is 6.42 Å². The predicted octanol–water partition coefficient (Wildman–Crippen LogP) is 3.20. The fourth-order valence-corrected chi connectivity index (χ4v) is 2.03. The van der Waals surface area contributed by atoms with E-state index >= 15 is 0 Å². The quantitative estimate of drug-likeness (QED) is 0.936. The largest absolute Gasteiger partial charge is 0.416 e. The van der Waals surface area contributed by atoms with Gasteiger partial charge in [-0.05, 0) is 17.7 Å². The van der Waals surface area contributed by atoms with Crippen molar-refractivity contribution in [3.05, 3.63) is 53.6 Å². The first-order valence-corrected chi connectivity index (χ1v) is 6.27. The zero-order valence-corrected chi connectivity index (χ0v) is 10.9. The highest BCUT2D eigenvalue weighted by molar-refractivity contribution is 5.27. The summed E-state index contributed by atoms with van der Waals surface area (Å²) in [5, 5.41) is 10.1. The number of aliphatic hydroxyl groups is 1. The van der Waals surface area contributed by atoms with E-state index in [0.717, 1.165) is 18.0 Å². The molecule has 0 spiro atoms. The zero-order chi connectivity index (χ0) is 14.8. The second-order valence-corrected chi connectivity index (χ2v) is 4.49. The van der Waals surface area contributed by atoms with E-state index in [2.05, 4.69) is 4.98 Å². The van der Waals surface area contributed by atoms with E-state index in [1.807, 2.05) is 6.92 Å². The highest BCUT2D eigenvalue weighted by Crippen LogP contribution is 2.31. The number of rotatable bonds is 4. The standard InChI is InChI=1S/C14H15F3N2O/c1-2-13-18-6-7-19(13)9-12(20)10-4-3-5-11(8-10)14(15,16)17/h3-8,12,20H,2,9H2,1H3. The van der Waals surface area contributed by atoms with Crippen LogP contribution >= 0.6 is 0 Å². The molecule has 6 heteroatoms. The van der Waals surface area contributed by atoms with E-state index in [-0.39, 0.29) is 12.1 Å². The second-order valence-electron chi connectivity index (χ2n) is 4.49. The van der Waals surface area contributed by atoms with Crippen LogP contribution in [0.2, 0.25) is 0 Å². The van der Waals surface area contributed by atoms with Gasteiger partial charge in [-0.1, -0.05) is 19.1 Å². The van der Waals surface area contributed by atoms with Gasteiger partial charge in [0.05, 0.1) is 18.2 Å². The number of aryl methyl sites for hydroxylation is 1. The van der Waals surface area contributed by atoms with Crippen molar-refractivity contribution in [2.45, 2.75) is 32.2 Å². The van der Waals surface area contributed by atoms with Crippen molar-refractivity contribution in [3.63, 3.8) is 0 Å². The predicted molar refractivity (Wildman–Crippen MR) is 68.0 cm³/mol. The van der Waals surface area contributed by atoms with Crippen molar-refractivity contribution in [2.24, 2.45) is 0 Å². The van der Waals surface area contributed by atoms with E-state index < -0.39 is 17.8 Å². The molecule has 20 heavy (non-hydrogen) atoms. The summed E-state index contributed by atoms with van der Waals surface area (Å²) < 4.78 is 39.6. The molecule has 0 amide bonds. The van der Waals surface area contributed by atoms with E-state index in [4.69, 9.17) is 0 Å². The maximum Gasteiger partial charge on any atom is 0.416 e. The molecule has 0 radical (unpaired) electrons. The van der Waals surface area contributed by atoms with Crippen LogP contribution in [0.1, 0.15) is 30.0 Å². The Morgan fingerprint density at radius 3 is 2.75 bits per heavy atom. The maximum absolute atomic E-state index is 12.6. The molecule has 108 valence electrons. The summed E-state index contributed by atoms with van der Waals surface area (Å²) in [5.41, 5.74) is -0.508. The van der Waals surface area contributed by atoms with E-state index in [1.165, 1.54) is 12.1 Å². The molecular weight excluding hydrogens is 269 g/mol. The Labute approximate surface area is 114 Å². The Balaban J connectivity index is 2.19. The first kappa shape index (κ1) is 14.6. The average Bonchev–Trinajstić information content (AvgIpc) is 2.85. The van der Waals surface area contributed by atoms with Gasteiger partial charge in [-0.15, -0.1) is 0 Å². The summed E-state index contributed by atoms with van der Waals surface area (Å²) in [5.74, 6) is 0.788. The molecule has 0 fully saturated rings. The Morgan fingerprint density at radius 1 is 1.35 bits per heavy atom. The first-order valence-electron chi connectivity index (χ1n) is 6.27. The number of nitrogens with zero attached hydrogens (tertiary/aromatic N) is 2. The minimum atomic E-state index is -4.40. The van der Waals surface area contributed by atoms with Crippen LogP contribution < -0.4 is 0 Å². The molecule has 2 rings (SSSR count). The lowest BCUT2D eigenvalue weighted by atomic mass is 10.1. The summed E-state index contributed by atoms with van der Waals surface area (Å²) in [4.78, 5) is 4.11. The van der Waals surface area contributed by atoms with Gasteiger partial charge in [0, 0.05) is 18.8 Å². The lowest BCUT2D eigenvalue weighted by Crippen LogP contribution is -2.12. The number of hydrogen-bond acceptors (Lipinski definition) is 2. The highest BCUT2D eigenvalue weighted by atomic mass is 19.4. The van der Waals surface area contributed by atoms with Crippen LogP contribution in [-0.4, -0.2) is 14.7 Å². The maximum atomic E-state index is 12.6. The van der Waals surface area contributed by atoms with Gasteiger partial charge < -0.3 is 9.67 Å². The van der Waals surface area contributed by atoms with Gasteiger partial charge in [-0.2, -0.15) is 13.2 Å². The Morgan fingerprint density at radius 2 is 2.10 bits per heavy atom. The average molecular weight is 284 g/mol. The minimum Gasteiger partial charge on any atom is -0.387 e. The van der Waals surface area contributed by atoms with Crippen LogP contribution in [0.15, 0.2) is 36.7 Å². The van der Waals surface area contributed by atoms with Crippen molar-refractivity contribution in [1.29, 1.82) is 0 Å². The van der Waals surface area contributed by atoms with E-state index in [9.17, 15) is 18.3 Å². The van der Waals surface area contributed by atoms with Gasteiger partial charge in [0.2, 0.25) is 0 Å². The summed E-state index contributed by atoms with van der Waals surface area (Å²) >= 11 is 0. The molecule has 3 nitrogen and oxygen atoms in total. The van der Waals surface area contributed by atoms with Crippen molar-refractivity contribution >= 4 is 0 Å². The molecule has 0 aliphatic heterocycles. The molecule has 0 bridgehead atoms. The number of aromatic nitrogens is 2. The Bertz CT molecular complexity index is 578. The lowest BCUT2D eigenvalue weighted by Gasteiger charge is -2.15. The Kier molecular flexibility index (Phi) is 4.13. The molecule has 0 aliphatic rings. The van der Waals surface area contributed by atoms with Gasteiger partial charge in [0.15, 0.2) is 0 Å². The van der Waals surface area contributed by atoms with Crippen LogP contribution in [0.3, 0.4) is 0 Å². The molecule has 0 saturated heterocycles. The molecule has 1 aromatic heterocycles. The molecule has 1 N–H and O–H groups in total. The summed E-state index contributed by atoms with van der Waals surface area (Å²) in [6, 6.07) is 4.76. The van der Waals surface area contributed by atoms with Crippen LogP contribution in [-0.2, 0) is 19.1 Å². The van der Waals surface area contributed by atoms with Gasteiger partial charge in [-0.25, -0.2) is 4.98 Å². The van der Waals surface area contributed by atoms with Gasteiger partial charge in [-0.3, -0.25) is 0 Å². The fraction of sp³-hybridized carbons (Fsp3) is 0.357. The number of benzene rings is 1. The molecule has 1 atom stereocenters. The summed E-state index contributed by atoms with van der Waals surface area (Å²) in [6.45, 7) is 2.11. The molecule has 0 aliphatic carbocycles. The van der Waals surface area contributed by atoms with Gasteiger partial charge in [0.25, 0.3) is 0 Å². The molecule has 1 aromatic carbocycles. The number of halogens is 3. The number of aliphatic hydroxyl groups excluding tert-OH is 1. The molecule has 1 heterocycles. The molecule has 1 unspecified atom stereocenters. The number of imidazole rings is 1. The highest BCUT2D eigenvalue weighted by Gasteiger charge is 2.30. The molecule has 0 saturated carbocycles. The third-order valence-corrected chi connectivity index (χ3v) is 3.09. The zero-order valence-electron chi connectivity index (χ0n) is 10.9. The summed E-state index contributed by atoms with van der Waals surface area (Å²) in [6.07, 6.45) is -1.40. The van der Waals surface area contributed by atoms with Gasteiger partial charge in [0.1, 0.15) is 5.82 Å². The van der Waals surface area contributed by atoms with Crippen molar-refractivity contribution in [3.8, 4) is 0 Å². The molecule has 2 aromatic rings. The topological polar surface area (TPSA) is 38.0 Å². The van der Waals surface area contributed by atoms with Crippen LogP contribution in [0.5, 0.6) is 0 Å². The van der Waals surface area contributed by atoms with E-state index in [1.54, 1.807) is 17.0 Å². The van der Waals surface area contributed by atoms with Gasteiger partial charge >= 0.3 is 6.18 Å². The monoisotopic (exact) mass is 284 g/mol. The molecular formula is C14H15F3N2O. The second kappa shape index (κ2) is 5.66. The van der Waals surface area contributed by atoms with Crippen molar-refractivity contribution < 1.29 is 18.3 Å². The first-order chi connectivity index (χ1) is 9.41. The van der Waals surface area contributed by atoms with Crippen molar-refractivity contribution in [2.75, 3.05) is 0 Å². The smallest absolute Gasteiger partial charge is 0.387 e. The number of hydrogen-bond donors (Lipinski definition) is 1. The number of alkyl halides is 3. The SMILES string of the molecule is CCc1nccn1CC(O)c1cccc(C(F)(F)F)c1. The van der Waals surface area contributed by atoms with Crippen LogP contribution in [0.4, 0.5) is 13.2 Å².